The summed E-state index contributed by atoms with van der Waals surface area (Å²) < 4.78 is 23.6. The molecule has 1 amide bonds. The summed E-state index contributed by atoms with van der Waals surface area (Å²) in [5.74, 6) is -8.36. The molecule has 16 nitrogen and oxygen atoms in total. The Labute approximate surface area is 337 Å². The molecule has 0 unspecified atom stereocenters. The number of phenolic OH excluding ortho intramolecular Hbond substituents is 3. The van der Waals surface area contributed by atoms with E-state index in [2.05, 4.69) is 15.7 Å². The number of anilines is 1. The number of hydrazone groups is 1. The maximum Gasteiger partial charge on any atom is 0.312 e. The molecule has 0 aromatic heterocycles. The van der Waals surface area contributed by atoms with Crippen LogP contribution in [0.4, 0.5) is 5.69 Å². The van der Waals surface area contributed by atoms with Gasteiger partial charge in [-0.3, -0.25) is 19.4 Å². The van der Waals surface area contributed by atoms with Crippen LogP contribution in [-0.2, 0) is 23.8 Å². The van der Waals surface area contributed by atoms with Crippen LogP contribution in [0.2, 0.25) is 0 Å². The van der Waals surface area contributed by atoms with Crippen LogP contribution < -0.4 is 15.4 Å². The van der Waals surface area contributed by atoms with Gasteiger partial charge in [0.2, 0.25) is 0 Å². The summed E-state index contributed by atoms with van der Waals surface area (Å²) in [7, 11) is 1.44. The summed E-state index contributed by atoms with van der Waals surface area (Å²) in [4.78, 5) is 40.4. The third-order valence-corrected chi connectivity index (χ3v) is 11.5. The van der Waals surface area contributed by atoms with Crippen LogP contribution in [0.15, 0.2) is 41.2 Å². The minimum atomic E-state index is -2.04. The molecule has 9 atom stereocenters. The van der Waals surface area contributed by atoms with Gasteiger partial charge < -0.3 is 55.1 Å². The van der Waals surface area contributed by atoms with Gasteiger partial charge in [-0.1, -0.05) is 45.9 Å². The molecule has 0 radical (unpaired) electrons. The molecule has 4 aliphatic rings. The van der Waals surface area contributed by atoms with Gasteiger partial charge in [0.15, 0.2) is 5.75 Å². The Morgan fingerprint density at radius 3 is 2.28 bits per heavy atom. The number of aromatic hydroxyl groups is 3. The number of piperazine rings is 1. The van der Waals surface area contributed by atoms with E-state index in [1.165, 1.54) is 59.4 Å². The number of ketones is 1. The zero-order chi connectivity index (χ0) is 42.8. The molecule has 0 spiro atoms. The summed E-state index contributed by atoms with van der Waals surface area (Å²) in [5.41, 5.74) is -0.364. The highest BCUT2D eigenvalue weighted by Gasteiger charge is 2.50. The SMILES string of the molecule is CO[C@@H]1C=CO[C@@]2(C)Oc3c(C)c(O)c4c(O)c(c(C=NN5CCNCC5)c(O)c4c3C2=O)NC(=O)C(C)=CC=C[C@H](C)[C@H](O)[C@H](C)[C@H](O)[C@H](C)[C@H](OC(C)=O)[C@H]1C. The molecule has 6 rings (SSSR count). The van der Waals surface area contributed by atoms with Crippen molar-refractivity contribution in [2.75, 3.05) is 38.6 Å². The van der Waals surface area contributed by atoms with Crippen molar-refractivity contribution in [3.05, 3.63) is 52.8 Å². The average Bonchev–Trinajstić information content (AvgIpc) is 3.46. The topological polar surface area (TPSA) is 229 Å². The molecule has 58 heavy (non-hydrogen) atoms. The number of carbonyl (C=O) groups is 3. The third kappa shape index (κ3) is 8.51. The van der Waals surface area contributed by atoms with E-state index in [1.807, 2.05) is 0 Å². The number of fused-ring (bicyclic) bond motifs is 14. The first-order valence-corrected chi connectivity index (χ1v) is 19.4. The molecule has 5 bridgehead atoms. The zero-order valence-electron chi connectivity index (χ0n) is 34.4. The van der Waals surface area contributed by atoms with Gasteiger partial charge in [0, 0.05) is 87.3 Å². The number of ether oxygens (including phenoxy) is 4. The van der Waals surface area contributed by atoms with Gasteiger partial charge in [0.1, 0.15) is 23.4 Å². The number of phenols is 3. The number of methoxy groups -OCH3 is 1. The molecule has 1 saturated heterocycles. The minimum Gasteiger partial charge on any atom is -0.507 e. The smallest absolute Gasteiger partial charge is 0.312 e. The van der Waals surface area contributed by atoms with Crippen LogP contribution in [0.25, 0.3) is 10.8 Å². The van der Waals surface area contributed by atoms with E-state index < -0.39 is 88.8 Å². The Kier molecular flexibility index (Phi) is 13.5. The Balaban J connectivity index is 1.71. The number of Topliss-reactive ketones (excluding diaryl/α,β-unsaturated/α-hetero) is 1. The average molecular weight is 809 g/mol. The number of hydrogen-bond donors (Lipinski definition) is 7. The van der Waals surface area contributed by atoms with Crippen molar-refractivity contribution in [2.24, 2.45) is 28.8 Å². The molecule has 2 aromatic carbocycles. The molecule has 16 heteroatoms. The lowest BCUT2D eigenvalue weighted by Crippen LogP contribution is -2.46. The number of nitrogens with zero attached hydrogens (tertiary/aromatic N) is 2. The lowest BCUT2D eigenvalue weighted by molar-refractivity contribution is -0.160. The first-order valence-electron chi connectivity index (χ1n) is 19.4. The number of allylic oxidation sites excluding steroid dienone is 2. The Hall–Kier alpha value is -5.16. The summed E-state index contributed by atoms with van der Waals surface area (Å²) in [6.45, 7) is 14.9. The lowest BCUT2D eigenvalue weighted by Gasteiger charge is -2.38. The van der Waals surface area contributed by atoms with E-state index in [1.54, 1.807) is 44.9 Å². The molecule has 4 aliphatic heterocycles. The van der Waals surface area contributed by atoms with Crippen LogP contribution in [0.5, 0.6) is 23.0 Å². The molecule has 0 aliphatic carbocycles. The highest BCUT2D eigenvalue weighted by molar-refractivity contribution is 6.23. The second-order valence-electron chi connectivity index (χ2n) is 15.6. The number of aliphatic hydroxyl groups excluding tert-OH is 2. The summed E-state index contributed by atoms with van der Waals surface area (Å²) >= 11 is 0. The van der Waals surface area contributed by atoms with Crippen molar-refractivity contribution >= 4 is 40.3 Å². The van der Waals surface area contributed by atoms with Gasteiger partial charge >= 0.3 is 11.8 Å². The molecule has 1 fully saturated rings. The van der Waals surface area contributed by atoms with Crippen molar-refractivity contribution in [1.29, 1.82) is 0 Å². The van der Waals surface area contributed by atoms with Gasteiger partial charge in [-0.15, -0.1) is 0 Å². The largest absolute Gasteiger partial charge is 0.507 e. The maximum atomic E-state index is 14.4. The first kappa shape index (κ1) is 44.0. The summed E-state index contributed by atoms with van der Waals surface area (Å²) in [6.07, 6.45) is 4.83. The second-order valence-corrected chi connectivity index (χ2v) is 15.6. The van der Waals surface area contributed by atoms with E-state index in [9.17, 15) is 39.9 Å². The standard InChI is InChI=1S/C42H56N4O12/c1-20-11-10-12-21(2)41(54)45-32-27(19-44-46-16-14-43-15-17-46)36(51)29-30(37(32)52)35(50)25(6)39-31(29)40(53)42(8,58-39)56-18-13-28(55-9)22(3)38(57-26(7)47)24(5)34(49)23(4)33(20)48/h10-13,18-20,22-24,28,33-34,38,43,48-52H,14-17H2,1-9H3,(H,45,54)/t20-,22-,23-,24-,28+,33-,34-,38+,42-/m0/s1. The van der Waals surface area contributed by atoms with Gasteiger partial charge in [-0.25, -0.2) is 0 Å². The molecule has 2 aromatic rings. The van der Waals surface area contributed by atoms with Crippen LogP contribution in [0.3, 0.4) is 0 Å². The van der Waals surface area contributed by atoms with E-state index in [-0.39, 0.29) is 44.5 Å². The van der Waals surface area contributed by atoms with Gasteiger partial charge in [0.25, 0.3) is 11.7 Å². The van der Waals surface area contributed by atoms with E-state index in [0.717, 1.165) is 0 Å². The monoisotopic (exact) mass is 808 g/mol. The van der Waals surface area contributed by atoms with Gasteiger partial charge in [-0.2, -0.15) is 5.10 Å². The highest BCUT2D eigenvalue weighted by Crippen LogP contribution is 2.55. The maximum absolute atomic E-state index is 14.4. The molecular weight excluding hydrogens is 752 g/mol. The van der Waals surface area contributed by atoms with Crippen LogP contribution in [-0.4, -0.2) is 118 Å². The van der Waals surface area contributed by atoms with Crippen LogP contribution in [0.1, 0.15) is 70.0 Å². The molecule has 0 saturated carbocycles. The summed E-state index contributed by atoms with van der Waals surface area (Å²) in [6, 6.07) is 0. The number of amides is 1. The van der Waals surface area contributed by atoms with Gasteiger partial charge in [-0.05, 0) is 19.9 Å². The molecule has 4 heterocycles. The zero-order valence-corrected chi connectivity index (χ0v) is 34.4. The Bertz CT molecular complexity index is 2040. The van der Waals surface area contributed by atoms with E-state index >= 15 is 0 Å². The van der Waals surface area contributed by atoms with Gasteiger partial charge in [0.05, 0.1) is 53.0 Å². The van der Waals surface area contributed by atoms with Crippen molar-refractivity contribution in [2.45, 2.75) is 85.6 Å². The summed E-state index contributed by atoms with van der Waals surface area (Å²) in [5, 5.41) is 69.8. The Morgan fingerprint density at radius 2 is 1.64 bits per heavy atom. The number of rotatable bonds is 4. The van der Waals surface area contributed by atoms with Crippen LogP contribution >= 0.6 is 0 Å². The third-order valence-electron chi connectivity index (χ3n) is 11.5. The minimum absolute atomic E-state index is 0.0544. The van der Waals surface area contributed by atoms with Crippen molar-refractivity contribution in [1.82, 2.24) is 10.3 Å². The number of benzene rings is 2. The van der Waals surface area contributed by atoms with Crippen LogP contribution in [0, 0.1) is 30.6 Å². The molecule has 316 valence electrons. The molecule has 7 N–H and O–H groups in total. The number of nitrogens with one attached hydrogen (secondary N) is 2. The number of esters is 1. The van der Waals surface area contributed by atoms with Crippen molar-refractivity contribution in [3.63, 3.8) is 0 Å². The number of aliphatic hydroxyl groups is 2. The van der Waals surface area contributed by atoms with Crippen molar-refractivity contribution < 1.29 is 58.9 Å². The highest BCUT2D eigenvalue weighted by atomic mass is 16.7. The second kappa shape index (κ2) is 17.8. The number of hydrogen-bond acceptors (Lipinski definition) is 15. The normalized spacial score (nSPS) is 30.1. The fraction of sp³-hybridized carbons (Fsp3) is 0.524. The predicted octanol–water partition coefficient (Wildman–Crippen LogP) is 3.99. The van der Waals surface area contributed by atoms with Crippen molar-refractivity contribution in [3.8, 4) is 23.0 Å². The first-order chi connectivity index (χ1) is 27.3. The predicted molar refractivity (Wildman–Crippen MR) is 216 cm³/mol. The quantitative estimate of drug-likeness (QED) is 0.100. The lowest BCUT2D eigenvalue weighted by atomic mass is 9.78. The molecular formula is C42H56N4O12. The fourth-order valence-electron chi connectivity index (χ4n) is 7.78. The van der Waals surface area contributed by atoms with E-state index in [4.69, 9.17) is 18.9 Å². The van der Waals surface area contributed by atoms with E-state index in [0.29, 0.717) is 26.2 Å². The number of carbonyl (C=O) groups excluding carboxylic acids is 3. The Morgan fingerprint density at radius 1 is 0.966 bits per heavy atom. The fourth-order valence-corrected chi connectivity index (χ4v) is 7.78.